The molecule has 0 fully saturated rings. The SMILES string of the molecule is O=C(C/C(=C\c1ccccc1)C[P+](c1ccccc1)(c1ccccc1)c1ccccc1)C/C(=C\c1ccccc1)C[P+](c1ccccc1)(c1ccccc1)c1ccccc1. The Bertz CT molecular complexity index is 2230. The van der Waals surface area contributed by atoms with Crippen LogP contribution in [0.4, 0.5) is 0 Å². The van der Waals surface area contributed by atoms with Gasteiger partial charge in [0, 0.05) is 12.8 Å². The maximum absolute atomic E-state index is 15.2. The molecule has 292 valence electrons. The molecule has 0 radical (unpaired) electrons. The van der Waals surface area contributed by atoms with Crippen LogP contribution in [-0.4, -0.2) is 18.1 Å². The van der Waals surface area contributed by atoms with Crippen molar-refractivity contribution < 1.29 is 4.79 Å². The molecule has 0 aliphatic carbocycles. The third kappa shape index (κ3) is 9.30. The maximum Gasteiger partial charge on any atom is 0.141 e. The normalized spacial score (nSPS) is 12.2. The number of carbonyl (C=O) groups excluding carboxylic acids is 1. The lowest BCUT2D eigenvalue weighted by atomic mass is 10.0. The average molecular weight is 813 g/mol. The van der Waals surface area contributed by atoms with Crippen LogP contribution in [0.15, 0.2) is 254 Å². The monoisotopic (exact) mass is 812 g/mol. The third-order valence-corrected chi connectivity index (χ3v) is 20.1. The lowest BCUT2D eigenvalue weighted by Gasteiger charge is -2.29. The fourth-order valence-electron chi connectivity index (χ4n) is 8.59. The van der Waals surface area contributed by atoms with Gasteiger partial charge in [-0.05, 0) is 95.1 Å². The lowest BCUT2D eigenvalue weighted by molar-refractivity contribution is -0.117. The molecule has 0 aliphatic heterocycles. The van der Waals surface area contributed by atoms with Gasteiger partial charge in [0.15, 0.2) is 0 Å². The number of Topliss-reactive ketones (excluding diaryl/α,β-unsaturated/α-hetero) is 1. The molecular weight excluding hydrogens is 763 g/mol. The molecule has 60 heavy (non-hydrogen) atoms. The van der Waals surface area contributed by atoms with Crippen LogP contribution in [0, 0.1) is 0 Å². The highest BCUT2D eigenvalue weighted by molar-refractivity contribution is 7.96. The van der Waals surface area contributed by atoms with E-state index in [-0.39, 0.29) is 5.78 Å². The van der Waals surface area contributed by atoms with Crippen molar-refractivity contribution in [2.24, 2.45) is 0 Å². The van der Waals surface area contributed by atoms with E-state index in [1.165, 1.54) is 31.8 Å². The Morgan fingerprint density at radius 1 is 0.300 bits per heavy atom. The summed E-state index contributed by atoms with van der Waals surface area (Å²) in [5.41, 5.74) is 4.50. The minimum Gasteiger partial charge on any atom is -0.299 e. The second-order valence-electron chi connectivity index (χ2n) is 15.3. The molecule has 0 unspecified atom stereocenters. The van der Waals surface area contributed by atoms with Crippen LogP contribution in [0.25, 0.3) is 12.2 Å². The van der Waals surface area contributed by atoms with Gasteiger partial charge in [-0.3, -0.25) is 4.79 Å². The van der Waals surface area contributed by atoms with Gasteiger partial charge in [0.2, 0.25) is 0 Å². The molecule has 0 aliphatic rings. The fraction of sp³-hybridized carbons (Fsp3) is 0.0702. The highest BCUT2D eigenvalue weighted by Crippen LogP contribution is 2.58. The highest BCUT2D eigenvalue weighted by Gasteiger charge is 2.47. The summed E-state index contributed by atoms with van der Waals surface area (Å²) in [6, 6.07) is 87.0. The van der Waals surface area contributed by atoms with Gasteiger partial charge in [0.25, 0.3) is 0 Å². The zero-order valence-corrected chi connectivity index (χ0v) is 35.7. The Hall–Kier alpha value is -6.23. The molecule has 0 heterocycles. The number of carbonyl (C=O) groups is 1. The van der Waals surface area contributed by atoms with Gasteiger partial charge in [0.05, 0.1) is 12.3 Å². The molecule has 0 amide bonds. The smallest absolute Gasteiger partial charge is 0.141 e. The van der Waals surface area contributed by atoms with Crippen LogP contribution < -0.4 is 31.8 Å². The Labute approximate surface area is 357 Å². The number of ketones is 1. The number of allylic oxidation sites excluding steroid dienone is 2. The van der Waals surface area contributed by atoms with Gasteiger partial charge in [-0.2, -0.15) is 0 Å². The first kappa shape index (κ1) is 40.5. The van der Waals surface area contributed by atoms with E-state index in [0.717, 1.165) is 34.6 Å². The Balaban J connectivity index is 1.24. The van der Waals surface area contributed by atoms with Gasteiger partial charge >= 0.3 is 0 Å². The van der Waals surface area contributed by atoms with Gasteiger partial charge in [-0.25, -0.2) is 0 Å². The summed E-state index contributed by atoms with van der Waals surface area (Å²) < 4.78 is 0. The van der Waals surface area contributed by atoms with Crippen LogP contribution in [-0.2, 0) is 4.79 Å². The summed E-state index contributed by atoms with van der Waals surface area (Å²) in [6.45, 7) is 0. The van der Waals surface area contributed by atoms with E-state index in [9.17, 15) is 0 Å². The first-order valence-corrected chi connectivity index (χ1v) is 24.7. The lowest BCUT2D eigenvalue weighted by Crippen LogP contribution is -2.34. The summed E-state index contributed by atoms with van der Waals surface area (Å²) in [7, 11) is -4.55. The average Bonchev–Trinajstić information content (AvgIpc) is 3.32. The van der Waals surface area contributed by atoms with E-state index >= 15 is 4.79 Å². The van der Waals surface area contributed by atoms with Crippen molar-refractivity contribution in [2.75, 3.05) is 12.3 Å². The second-order valence-corrected chi connectivity index (χ2v) is 22.2. The predicted molar refractivity (Wildman–Crippen MR) is 263 cm³/mol. The summed E-state index contributed by atoms with van der Waals surface area (Å²) in [4.78, 5) is 15.2. The Kier molecular flexibility index (Phi) is 13.3. The molecule has 8 rings (SSSR count). The van der Waals surface area contributed by atoms with E-state index < -0.39 is 14.5 Å². The number of hydrogen-bond donors (Lipinski definition) is 0. The standard InChI is InChI=1S/C57H50OP2/c58-51(43-49(41-47-25-9-1-10-26-47)45-59(52-29-13-3-14-30-52,53-31-15-4-16-32-53)54-33-17-5-18-34-54)44-50(42-48-27-11-2-12-28-48)46-60(55-35-19-6-20-36-55,56-37-21-7-22-38-56)57-39-23-8-24-40-57/h1-42H,43-46H2/q+2/b49-41+,50-42+. The minimum atomic E-state index is -2.27. The fourth-order valence-corrected chi connectivity index (χ4v) is 17.2. The van der Waals surface area contributed by atoms with E-state index in [0.29, 0.717) is 12.8 Å². The van der Waals surface area contributed by atoms with Gasteiger partial charge in [0.1, 0.15) is 52.1 Å². The number of rotatable bonds is 16. The molecular formula is C57H50OP2+2. The van der Waals surface area contributed by atoms with Crippen molar-refractivity contribution in [3.05, 3.63) is 265 Å². The Morgan fingerprint density at radius 3 is 0.717 bits per heavy atom. The molecule has 0 saturated heterocycles. The van der Waals surface area contributed by atoms with Crippen LogP contribution >= 0.6 is 14.5 Å². The minimum absolute atomic E-state index is 0.221. The summed E-state index contributed by atoms with van der Waals surface area (Å²) in [5, 5.41) is 7.84. The van der Waals surface area contributed by atoms with Crippen LogP contribution in [0.5, 0.6) is 0 Å². The van der Waals surface area contributed by atoms with E-state index in [2.05, 4.69) is 255 Å². The zero-order valence-electron chi connectivity index (χ0n) is 33.9. The first-order valence-electron chi connectivity index (χ1n) is 20.7. The van der Waals surface area contributed by atoms with Crippen molar-refractivity contribution in [1.29, 1.82) is 0 Å². The van der Waals surface area contributed by atoms with Crippen molar-refractivity contribution in [2.45, 2.75) is 12.8 Å². The molecule has 1 nitrogen and oxygen atoms in total. The van der Waals surface area contributed by atoms with Crippen molar-refractivity contribution in [1.82, 2.24) is 0 Å². The zero-order chi connectivity index (χ0) is 40.9. The largest absolute Gasteiger partial charge is 0.299 e. The van der Waals surface area contributed by atoms with E-state index in [1.807, 2.05) is 0 Å². The summed E-state index contributed by atoms with van der Waals surface area (Å²) in [6.07, 6.45) is 6.77. The van der Waals surface area contributed by atoms with Crippen LogP contribution in [0.1, 0.15) is 24.0 Å². The molecule has 0 spiro atoms. The summed E-state index contributed by atoms with van der Waals surface area (Å²) >= 11 is 0. The van der Waals surface area contributed by atoms with Crippen molar-refractivity contribution in [3.63, 3.8) is 0 Å². The number of benzene rings is 8. The Morgan fingerprint density at radius 2 is 0.500 bits per heavy atom. The third-order valence-electron chi connectivity index (χ3n) is 11.3. The molecule has 8 aromatic carbocycles. The van der Waals surface area contributed by atoms with E-state index in [1.54, 1.807) is 0 Å². The van der Waals surface area contributed by atoms with Gasteiger partial charge in [-0.1, -0.05) is 182 Å². The molecule has 0 saturated carbocycles. The highest BCUT2D eigenvalue weighted by atomic mass is 31.2. The molecule has 0 bridgehead atoms. The van der Waals surface area contributed by atoms with Gasteiger partial charge < -0.3 is 0 Å². The van der Waals surface area contributed by atoms with Crippen molar-refractivity contribution >= 4 is 64.3 Å². The molecule has 0 N–H and O–H groups in total. The van der Waals surface area contributed by atoms with Gasteiger partial charge in [-0.15, -0.1) is 0 Å². The quantitative estimate of drug-likeness (QED) is 0.0889. The predicted octanol–water partition coefficient (Wildman–Crippen LogP) is 11.5. The molecule has 3 heteroatoms. The molecule has 0 aromatic heterocycles. The second kappa shape index (κ2) is 19.7. The van der Waals surface area contributed by atoms with Crippen LogP contribution in [0.3, 0.4) is 0 Å². The summed E-state index contributed by atoms with van der Waals surface area (Å²) in [5.74, 6) is 0.221. The van der Waals surface area contributed by atoms with Crippen LogP contribution in [0.2, 0.25) is 0 Å². The molecule has 8 aromatic rings. The molecule has 0 atom stereocenters. The first-order chi connectivity index (χ1) is 29.6. The van der Waals surface area contributed by atoms with E-state index in [4.69, 9.17) is 0 Å². The number of hydrogen-bond acceptors (Lipinski definition) is 1. The maximum atomic E-state index is 15.2. The topological polar surface area (TPSA) is 17.1 Å². The van der Waals surface area contributed by atoms with Crippen molar-refractivity contribution in [3.8, 4) is 0 Å².